The molecule has 10 nitrogen and oxygen atoms in total. The Bertz CT molecular complexity index is 1680. The lowest BCUT2D eigenvalue weighted by atomic mass is 9.72. The van der Waals surface area contributed by atoms with Crippen LogP contribution in [0, 0.1) is 5.41 Å². The maximum Gasteiger partial charge on any atom is 0.406 e. The number of carbonyl (C=O) groups is 2. The van der Waals surface area contributed by atoms with Crippen LogP contribution >= 0.6 is 0 Å². The van der Waals surface area contributed by atoms with Crippen molar-refractivity contribution in [3.05, 3.63) is 75.1 Å². The maximum absolute atomic E-state index is 13.6. The van der Waals surface area contributed by atoms with Crippen molar-refractivity contribution in [1.29, 1.82) is 0 Å². The van der Waals surface area contributed by atoms with Gasteiger partial charge >= 0.3 is 17.8 Å². The third-order valence-corrected chi connectivity index (χ3v) is 9.04. The van der Waals surface area contributed by atoms with E-state index in [1.165, 1.54) is 28.8 Å². The van der Waals surface area contributed by atoms with E-state index in [4.69, 9.17) is 4.74 Å². The fourth-order valence-corrected chi connectivity index (χ4v) is 6.41. The molecule has 0 radical (unpaired) electrons. The minimum atomic E-state index is -4.41. The van der Waals surface area contributed by atoms with Gasteiger partial charge in [-0.3, -0.25) is 14.5 Å². The number of carboxylic acid groups (broad SMARTS) is 1. The van der Waals surface area contributed by atoms with Crippen LogP contribution in [0.15, 0.2) is 58.3 Å². The van der Waals surface area contributed by atoms with Crippen molar-refractivity contribution in [3.63, 3.8) is 0 Å². The summed E-state index contributed by atoms with van der Waals surface area (Å²) < 4.78 is 48.2. The summed E-state index contributed by atoms with van der Waals surface area (Å²) in [5.41, 5.74) is -1.03. The van der Waals surface area contributed by atoms with Crippen molar-refractivity contribution in [2.24, 2.45) is 12.5 Å². The summed E-state index contributed by atoms with van der Waals surface area (Å²) in [7, 11) is 1.53. The minimum Gasteiger partial charge on any atom is -0.480 e. The zero-order valence-electron chi connectivity index (χ0n) is 24.5. The molecule has 0 unspecified atom stereocenters. The van der Waals surface area contributed by atoms with Crippen LogP contribution in [0.2, 0.25) is 0 Å². The van der Waals surface area contributed by atoms with E-state index in [-0.39, 0.29) is 25.6 Å². The normalized spacial score (nSPS) is 23.8. The van der Waals surface area contributed by atoms with E-state index in [0.717, 1.165) is 4.57 Å². The number of nitrogens with one attached hydrogen (secondary N) is 1. The summed E-state index contributed by atoms with van der Waals surface area (Å²) in [6.45, 7) is 1.70. The van der Waals surface area contributed by atoms with Crippen molar-refractivity contribution in [1.82, 2.24) is 19.4 Å². The maximum atomic E-state index is 13.6. The highest BCUT2D eigenvalue weighted by molar-refractivity contribution is 5.93. The Labute approximate surface area is 251 Å². The number of nitrogens with zero attached hydrogens (tertiary/aromatic N) is 3. The van der Waals surface area contributed by atoms with Crippen LogP contribution in [0.1, 0.15) is 38.2 Å². The van der Waals surface area contributed by atoms with Crippen LogP contribution in [0.25, 0.3) is 16.5 Å². The first-order valence-electron chi connectivity index (χ1n) is 14.5. The molecule has 13 heteroatoms. The van der Waals surface area contributed by atoms with E-state index < -0.39 is 53.4 Å². The van der Waals surface area contributed by atoms with Crippen LogP contribution in [0.5, 0.6) is 0 Å². The highest BCUT2D eigenvalue weighted by atomic mass is 19.4. The lowest BCUT2D eigenvalue weighted by Crippen LogP contribution is -2.58. The number of carboxylic acids is 1. The monoisotopic (exact) mass is 616 g/mol. The van der Waals surface area contributed by atoms with Crippen LogP contribution in [-0.2, 0) is 27.8 Å². The third-order valence-electron chi connectivity index (χ3n) is 9.04. The summed E-state index contributed by atoms with van der Waals surface area (Å²) in [5, 5.41) is 13.9. The lowest BCUT2D eigenvalue weighted by molar-refractivity contribution is -0.221. The molecule has 44 heavy (non-hydrogen) atoms. The van der Waals surface area contributed by atoms with Crippen LogP contribution in [-0.4, -0.2) is 75.1 Å². The number of aryl methyl sites for hydroxylation is 1. The molecule has 3 aromatic rings. The molecule has 236 valence electrons. The second-order valence-corrected chi connectivity index (χ2v) is 11.9. The van der Waals surface area contributed by atoms with Crippen molar-refractivity contribution < 1.29 is 32.6 Å². The minimum absolute atomic E-state index is 0.0662. The number of aliphatic carboxylic acids is 1. The number of alkyl halides is 3. The smallest absolute Gasteiger partial charge is 0.406 e. The van der Waals surface area contributed by atoms with Gasteiger partial charge in [0.1, 0.15) is 12.1 Å². The topological polar surface area (TPSA) is 123 Å². The largest absolute Gasteiger partial charge is 0.480 e. The molecular formula is C31H35F3N4O6. The fraction of sp³-hybridized carbons (Fsp3) is 0.484. The van der Waals surface area contributed by atoms with Crippen LogP contribution in [0.4, 0.5) is 13.2 Å². The first-order chi connectivity index (χ1) is 20.8. The van der Waals surface area contributed by atoms with Gasteiger partial charge in [-0.05, 0) is 42.7 Å². The predicted octanol–water partition coefficient (Wildman–Crippen LogP) is 3.01. The third kappa shape index (κ3) is 6.16. The molecule has 2 N–H and O–H groups in total. The van der Waals surface area contributed by atoms with Crippen molar-refractivity contribution in [3.8, 4) is 5.69 Å². The molecule has 1 amide bonds. The van der Waals surface area contributed by atoms with Gasteiger partial charge in [0.15, 0.2) is 0 Å². The Balaban J connectivity index is 1.33. The van der Waals surface area contributed by atoms with E-state index in [0.29, 0.717) is 47.7 Å². The Morgan fingerprint density at radius 1 is 1.09 bits per heavy atom. The molecule has 1 aliphatic heterocycles. The van der Waals surface area contributed by atoms with Crippen LogP contribution in [0.3, 0.4) is 0 Å². The Morgan fingerprint density at radius 3 is 2.45 bits per heavy atom. The molecular weight excluding hydrogens is 581 g/mol. The first-order valence-corrected chi connectivity index (χ1v) is 14.5. The van der Waals surface area contributed by atoms with Gasteiger partial charge < -0.3 is 19.7 Å². The summed E-state index contributed by atoms with van der Waals surface area (Å²) >= 11 is 0. The first kappa shape index (κ1) is 31.5. The summed E-state index contributed by atoms with van der Waals surface area (Å²) in [6, 6.07) is 8.20. The van der Waals surface area contributed by atoms with Crippen LogP contribution < -0.4 is 16.6 Å². The number of ether oxygens (including phenoxy) is 1. The van der Waals surface area contributed by atoms with E-state index in [9.17, 15) is 37.5 Å². The SMILES string of the molecule is Cn1ccc(=O)n(-c2cccc3c(C[C@H](NC(=O)C4(C)CCC(N5CCOC[C@@H]5C(F)(F)F)CC4)C(=O)O)cccc23)c1=O. The quantitative estimate of drug-likeness (QED) is 0.419. The Hall–Kier alpha value is -3.97. The fourth-order valence-electron chi connectivity index (χ4n) is 6.41. The van der Waals surface area contributed by atoms with E-state index in [1.54, 1.807) is 43.3 Å². The van der Waals surface area contributed by atoms with Gasteiger partial charge in [0.25, 0.3) is 5.56 Å². The van der Waals surface area contributed by atoms with E-state index >= 15 is 0 Å². The molecule has 0 spiro atoms. The Kier molecular flexibility index (Phi) is 8.72. The van der Waals surface area contributed by atoms with Gasteiger partial charge in [0.2, 0.25) is 5.91 Å². The van der Waals surface area contributed by atoms with E-state index in [1.807, 2.05) is 0 Å². The molecule has 1 aromatic heterocycles. The zero-order chi connectivity index (χ0) is 31.8. The number of carbonyl (C=O) groups excluding carboxylic acids is 1. The average molecular weight is 617 g/mol. The van der Waals surface area contributed by atoms with Crippen molar-refractivity contribution in [2.75, 3.05) is 19.8 Å². The van der Waals surface area contributed by atoms with Gasteiger partial charge in [0.05, 0.1) is 18.9 Å². The summed E-state index contributed by atoms with van der Waals surface area (Å²) in [6.07, 6.45) is -1.72. The van der Waals surface area contributed by atoms with Crippen molar-refractivity contribution >= 4 is 22.6 Å². The molecule has 1 saturated heterocycles. The highest BCUT2D eigenvalue weighted by Crippen LogP contribution is 2.40. The number of amides is 1. The number of fused-ring (bicyclic) bond motifs is 1. The second-order valence-electron chi connectivity index (χ2n) is 11.9. The van der Waals surface area contributed by atoms with Gasteiger partial charge in [-0.25, -0.2) is 14.2 Å². The Morgan fingerprint density at radius 2 is 1.77 bits per heavy atom. The van der Waals surface area contributed by atoms with Gasteiger partial charge in [-0.1, -0.05) is 37.3 Å². The summed E-state index contributed by atoms with van der Waals surface area (Å²) in [4.78, 5) is 52.7. The molecule has 1 aliphatic carbocycles. The number of hydrogen-bond acceptors (Lipinski definition) is 6. The number of benzene rings is 2. The number of rotatable bonds is 7. The zero-order valence-corrected chi connectivity index (χ0v) is 24.5. The lowest BCUT2D eigenvalue weighted by Gasteiger charge is -2.46. The molecule has 2 atom stereocenters. The van der Waals surface area contributed by atoms with E-state index in [2.05, 4.69) is 5.32 Å². The standard InChI is InChI=1S/C31H35F3N4O6/c1-30(12-9-20(10-13-30)37-15-16-44-18-25(37)31(32,33)34)28(42)35-23(27(40)41)17-19-5-3-7-22-21(19)6-4-8-24(22)38-26(39)11-14-36(2)29(38)43/h3-8,11,14,20,23,25H,9-10,12-13,15-18H2,1-2H3,(H,35,42)(H,40,41)/t20?,23-,25+,30?/m0/s1. The predicted molar refractivity (Wildman–Crippen MR) is 156 cm³/mol. The molecule has 0 bridgehead atoms. The molecule has 5 rings (SSSR count). The number of hydrogen-bond donors (Lipinski definition) is 2. The summed E-state index contributed by atoms with van der Waals surface area (Å²) in [5.74, 6) is -1.70. The molecule has 1 saturated carbocycles. The van der Waals surface area contributed by atoms with Crippen molar-refractivity contribution in [2.45, 2.75) is 63.3 Å². The number of halogens is 3. The molecule has 2 heterocycles. The molecule has 2 aliphatic rings. The van der Waals surface area contributed by atoms with Gasteiger partial charge in [-0.2, -0.15) is 13.2 Å². The molecule has 2 fully saturated rings. The number of aromatic nitrogens is 2. The van der Waals surface area contributed by atoms with Gasteiger partial charge in [-0.15, -0.1) is 0 Å². The average Bonchev–Trinajstić information content (AvgIpc) is 2.99. The van der Waals surface area contributed by atoms with Gasteiger partial charge in [0, 0.05) is 49.1 Å². The number of morpholine rings is 1. The molecule has 2 aromatic carbocycles. The highest BCUT2D eigenvalue weighted by Gasteiger charge is 2.49. The second kappa shape index (κ2) is 12.2.